The highest BCUT2D eigenvalue weighted by Gasteiger charge is 2.21. The molecular formula is C22H21NS. The zero-order chi connectivity index (χ0) is 16.5. The van der Waals surface area contributed by atoms with Gasteiger partial charge in [0.2, 0.25) is 0 Å². The minimum atomic E-state index is 0.284. The van der Waals surface area contributed by atoms with Gasteiger partial charge < -0.3 is 4.98 Å². The lowest BCUT2D eigenvalue weighted by atomic mass is 9.89. The van der Waals surface area contributed by atoms with Crippen molar-refractivity contribution in [3.05, 3.63) is 93.3 Å². The number of aromatic amines is 1. The van der Waals surface area contributed by atoms with Crippen LogP contribution in [-0.4, -0.2) is 4.98 Å². The number of hydrogen-bond donors (Lipinski definition) is 1. The van der Waals surface area contributed by atoms with Gasteiger partial charge >= 0.3 is 0 Å². The Bertz CT molecular complexity index is 962. The number of benzene rings is 2. The van der Waals surface area contributed by atoms with Gasteiger partial charge in [0.1, 0.15) is 0 Å². The monoisotopic (exact) mass is 331 g/mol. The van der Waals surface area contributed by atoms with Crippen LogP contribution in [0.1, 0.15) is 39.3 Å². The van der Waals surface area contributed by atoms with Crippen molar-refractivity contribution in [1.29, 1.82) is 0 Å². The van der Waals surface area contributed by atoms with E-state index in [9.17, 15) is 0 Å². The van der Waals surface area contributed by atoms with E-state index >= 15 is 0 Å². The highest BCUT2D eigenvalue weighted by atomic mass is 32.1. The highest BCUT2D eigenvalue weighted by Crippen LogP contribution is 2.39. The largest absolute Gasteiger partial charge is 0.361 e. The van der Waals surface area contributed by atoms with Crippen LogP contribution in [0.25, 0.3) is 10.9 Å². The van der Waals surface area contributed by atoms with Gasteiger partial charge in [0, 0.05) is 32.8 Å². The third-order valence-corrected chi connectivity index (χ3v) is 5.92. The maximum Gasteiger partial charge on any atom is 0.0457 e. The Kier molecular flexibility index (Phi) is 3.99. The second-order valence-electron chi connectivity index (χ2n) is 6.29. The van der Waals surface area contributed by atoms with Gasteiger partial charge in [0.25, 0.3) is 0 Å². The lowest BCUT2D eigenvalue weighted by Gasteiger charge is -2.16. The molecule has 0 aliphatic carbocycles. The van der Waals surface area contributed by atoms with Gasteiger partial charge in [-0.2, -0.15) is 0 Å². The smallest absolute Gasteiger partial charge is 0.0457 e. The summed E-state index contributed by atoms with van der Waals surface area (Å²) in [6.45, 7) is 4.39. The average molecular weight is 331 g/mol. The molecule has 1 unspecified atom stereocenters. The minimum absolute atomic E-state index is 0.284. The topological polar surface area (TPSA) is 15.8 Å². The number of H-pyrrole nitrogens is 1. The van der Waals surface area contributed by atoms with Gasteiger partial charge in [0.15, 0.2) is 0 Å². The molecule has 0 aliphatic rings. The number of aryl methyl sites for hydroxylation is 2. The van der Waals surface area contributed by atoms with E-state index < -0.39 is 0 Å². The fourth-order valence-corrected chi connectivity index (χ4v) is 4.48. The first-order valence-corrected chi connectivity index (χ1v) is 9.29. The normalized spacial score (nSPS) is 12.6. The van der Waals surface area contributed by atoms with Crippen LogP contribution in [0.2, 0.25) is 0 Å². The summed E-state index contributed by atoms with van der Waals surface area (Å²) in [6.07, 6.45) is 3.28. The number of thiophene rings is 1. The van der Waals surface area contributed by atoms with Crippen LogP contribution >= 0.6 is 11.3 Å². The Balaban J connectivity index is 1.93. The number of nitrogens with one attached hydrogen (secondary N) is 1. The molecule has 1 nitrogen and oxygen atoms in total. The first-order valence-electron chi connectivity index (χ1n) is 8.47. The maximum atomic E-state index is 3.46. The third kappa shape index (κ3) is 2.67. The molecule has 0 bridgehead atoms. The summed E-state index contributed by atoms with van der Waals surface area (Å²) in [5.74, 6) is 0.284. The Morgan fingerprint density at radius 1 is 1.00 bits per heavy atom. The average Bonchev–Trinajstić information content (AvgIpc) is 3.24. The zero-order valence-electron chi connectivity index (χ0n) is 14.0. The van der Waals surface area contributed by atoms with Crippen LogP contribution in [0, 0.1) is 6.92 Å². The fraction of sp³-hybridized carbons (Fsp3) is 0.182. The molecule has 4 aromatic rings. The Morgan fingerprint density at radius 2 is 1.83 bits per heavy atom. The summed E-state index contributed by atoms with van der Waals surface area (Å²) in [6, 6.07) is 22.1. The van der Waals surface area contributed by atoms with Gasteiger partial charge in [-0.25, -0.2) is 0 Å². The zero-order valence-corrected chi connectivity index (χ0v) is 14.9. The number of aromatic nitrogens is 1. The van der Waals surface area contributed by atoms with E-state index in [4.69, 9.17) is 0 Å². The molecule has 0 amide bonds. The van der Waals surface area contributed by atoms with Crippen molar-refractivity contribution >= 4 is 22.2 Å². The minimum Gasteiger partial charge on any atom is -0.361 e. The lowest BCUT2D eigenvalue weighted by Crippen LogP contribution is -2.00. The molecule has 2 heterocycles. The van der Waals surface area contributed by atoms with Crippen LogP contribution in [-0.2, 0) is 6.42 Å². The quantitative estimate of drug-likeness (QED) is 0.453. The van der Waals surface area contributed by atoms with Crippen LogP contribution in [0.5, 0.6) is 0 Å². The van der Waals surface area contributed by atoms with Crippen LogP contribution in [0.15, 0.2) is 66.9 Å². The van der Waals surface area contributed by atoms with Crippen molar-refractivity contribution in [2.45, 2.75) is 26.2 Å². The molecule has 1 N–H and O–H groups in total. The molecule has 0 fully saturated rings. The van der Waals surface area contributed by atoms with Crippen molar-refractivity contribution < 1.29 is 0 Å². The van der Waals surface area contributed by atoms with Crippen LogP contribution in [0.3, 0.4) is 0 Å². The molecule has 0 aliphatic heterocycles. The van der Waals surface area contributed by atoms with Crippen molar-refractivity contribution in [2.75, 3.05) is 0 Å². The number of hydrogen-bond acceptors (Lipinski definition) is 1. The van der Waals surface area contributed by atoms with Gasteiger partial charge in [0.05, 0.1) is 0 Å². The predicted molar refractivity (Wildman–Crippen MR) is 104 cm³/mol. The molecule has 0 radical (unpaired) electrons. The molecule has 0 saturated carbocycles. The molecule has 1 atom stereocenters. The molecule has 2 heteroatoms. The van der Waals surface area contributed by atoms with E-state index in [0.717, 1.165) is 6.42 Å². The second-order valence-corrected chi connectivity index (χ2v) is 7.49. The first kappa shape index (κ1) is 15.2. The molecule has 0 saturated heterocycles. The standard InChI is InChI=1S/C22H21NS/c1-3-17-10-12-21(24-17)22(16-7-5-4-6-8-16)19-14-23-20-11-9-15(2)13-18(19)20/h4-14,22-23H,3H2,1-2H3. The lowest BCUT2D eigenvalue weighted by molar-refractivity contribution is 1.02. The van der Waals surface area contributed by atoms with Gasteiger partial charge in [-0.3, -0.25) is 0 Å². The van der Waals surface area contributed by atoms with Crippen molar-refractivity contribution in [3.63, 3.8) is 0 Å². The summed E-state index contributed by atoms with van der Waals surface area (Å²) < 4.78 is 0. The maximum absolute atomic E-state index is 3.46. The van der Waals surface area contributed by atoms with Crippen molar-refractivity contribution in [1.82, 2.24) is 4.98 Å². The van der Waals surface area contributed by atoms with E-state index in [0.29, 0.717) is 0 Å². The molecule has 2 aromatic carbocycles. The van der Waals surface area contributed by atoms with E-state index in [1.54, 1.807) is 0 Å². The highest BCUT2D eigenvalue weighted by molar-refractivity contribution is 7.12. The summed E-state index contributed by atoms with van der Waals surface area (Å²) in [7, 11) is 0. The SMILES string of the molecule is CCc1ccc(C(c2ccccc2)c2c[nH]c3ccc(C)cc23)s1. The van der Waals surface area contributed by atoms with Crippen LogP contribution in [0.4, 0.5) is 0 Å². The first-order chi connectivity index (χ1) is 11.8. The van der Waals surface area contributed by atoms with E-state index in [1.807, 2.05) is 11.3 Å². The Hall–Kier alpha value is -2.32. The molecular weight excluding hydrogens is 310 g/mol. The number of rotatable bonds is 4. The molecule has 0 spiro atoms. The molecule has 2 aromatic heterocycles. The van der Waals surface area contributed by atoms with E-state index in [1.165, 1.54) is 37.3 Å². The van der Waals surface area contributed by atoms with E-state index in [-0.39, 0.29) is 5.92 Å². The summed E-state index contributed by atoms with van der Waals surface area (Å²) >= 11 is 1.93. The number of fused-ring (bicyclic) bond motifs is 1. The van der Waals surface area contributed by atoms with Gasteiger partial charge in [-0.05, 0) is 48.7 Å². The predicted octanol–water partition coefficient (Wildman–Crippen LogP) is 6.28. The summed E-state index contributed by atoms with van der Waals surface area (Å²) in [5, 5.41) is 1.33. The van der Waals surface area contributed by atoms with Gasteiger partial charge in [-0.15, -0.1) is 11.3 Å². The Labute approximate surface area is 147 Å². The van der Waals surface area contributed by atoms with Crippen molar-refractivity contribution in [3.8, 4) is 0 Å². The molecule has 4 rings (SSSR count). The van der Waals surface area contributed by atoms with E-state index in [2.05, 4.69) is 85.7 Å². The fourth-order valence-electron chi connectivity index (χ4n) is 3.38. The summed E-state index contributed by atoms with van der Waals surface area (Å²) in [5.41, 5.74) is 5.23. The van der Waals surface area contributed by atoms with Crippen molar-refractivity contribution in [2.24, 2.45) is 0 Å². The third-order valence-electron chi connectivity index (χ3n) is 4.63. The molecule has 120 valence electrons. The second kappa shape index (κ2) is 6.29. The Morgan fingerprint density at radius 3 is 2.58 bits per heavy atom. The van der Waals surface area contributed by atoms with Crippen LogP contribution < -0.4 is 0 Å². The molecule has 24 heavy (non-hydrogen) atoms. The van der Waals surface area contributed by atoms with Gasteiger partial charge in [-0.1, -0.05) is 48.9 Å². The summed E-state index contributed by atoms with van der Waals surface area (Å²) in [4.78, 5) is 6.32.